The summed E-state index contributed by atoms with van der Waals surface area (Å²) in [5.41, 5.74) is 2.19. The zero-order chi connectivity index (χ0) is 9.26. The molecule has 0 aromatic heterocycles. The Kier molecular flexibility index (Phi) is 2.13. The maximum Gasteiger partial charge on any atom is 0.138 e. The highest BCUT2D eigenvalue weighted by Gasteiger charge is 2.16. The standard InChI is InChI=1S/C11H15NO/c1-8-4-3-7-12-11-9(8)5-2-6-10(11)13/h2,5-6,8,12-13H,3-4,7H2,1H3. The van der Waals surface area contributed by atoms with E-state index in [0.717, 1.165) is 12.2 Å². The molecule has 0 aliphatic carbocycles. The second-order valence-corrected chi connectivity index (χ2v) is 3.71. The number of phenolic OH excluding ortho intramolecular Hbond substituents is 1. The van der Waals surface area contributed by atoms with Gasteiger partial charge in [0.1, 0.15) is 5.75 Å². The van der Waals surface area contributed by atoms with Crippen LogP contribution in [0.2, 0.25) is 0 Å². The summed E-state index contributed by atoms with van der Waals surface area (Å²) in [5.74, 6) is 0.934. The van der Waals surface area contributed by atoms with Gasteiger partial charge in [-0.3, -0.25) is 0 Å². The minimum absolute atomic E-state index is 0.381. The molecule has 1 unspecified atom stereocenters. The second-order valence-electron chi connectivity index (χ2n) is 3.71. The summed E-state index contributed by atoms with van der Waals surface area (Å²) in [5, 5.41) is 12.9. The number of nitrogens with one attached hydrogen (secondary N) is 1. The van der Waals surface area contributed by atoms with Crippen molar-refractivity contribution in [2.24, 2.45) is 0 Å². The van der Waals surface area contributed by atoms with Crippen LogP contribution < -0.4 is 5.32 Å². The van der Waals surface area contributed by atoms with Gasteiger partial charge in [0.25, 0.3) is 0 Å². The van der Waals surface area contributed by atoms with E-state index in [9.17, 15) is 5.11 Å². The van der Waals surface area contributed by atoms with Crippen molar-refractivity contribution in [3.8, 4) is 5.75 Å². The normalized spacial score (nSPS) is 21.5. The van der Waals surface area contributed by atoms with Gasteiger partial charge in [-0.25, -0.2) is 0 Å². The number of benzene rings is 1. The van der Waals surface area contributed by atoms with E-state index in [1.165, 1.54) is 18.4 Å². The van der Waals surface area contributed by atoms with Gasteiger partial charge in [0.05, 0.1) is 5.69 Å². The van der Waals surface area contributed by atoms with E-state index in [4.69, 9.17) is 0 Å². The van der Waals surface area contributed by atoms with Crippen LogP contribution in [0.3, 0.4) is 0 Å². The highest BCUT2D eigenvalue weighted by molar-refractivity contribution is 5.62. The lowest BCUT2D eigenvalue weighted by molar-refractivity contribution is 0.476. The third kappa shape index (κ3) is 1.48. The summed E-state index contributed by atoms with van der Waals surface area (Å²) in [4.78, 5) is 0. The molecule has 0 saturated heterocycles. The number of phenols is 1. The fourth-order valence-corrected chi connectivity index (χ4v) is 1.94. The molecule has 2 N–H and O–H groups in total. The van der Waals surface area contributed by atoms with Crippen LogP contribution in [0.25, 0.3) is 0 Å². The Bertz CT molecular complexity index is 309. The van der Waals surface area contributed by atoms with Gasteiger partial charge in [-0.05, 0) is 30.4 Å². The van der Waals surface area contributed by atoms with Crippen molar-refractivity contribution in [1.82, 2.24) is 0 Å². The van der Waals surface area contributed by atoms with E-state index in [-0.39, 0.29) is 0 Å². The fraction of sp³-hybridized carbons (Fsp3) is 0.455. The number of para-hydroxylation sites is 1. The quantitative estimate of drug-likeness (QED) is 0.597. The number of hydrogen-bond acceptors (Lipinski definition) is 2. The molecular weight excluding hydrogens is 162 g/mol. The van der Waals surface area contributed by atoms with Crippen molar-refractivity contribution >= 4 is 5.69 Å². The smallest absolute Gasteiger partial charge is 0.138 e. The molecule has 0 amide bonds. The Balaban J connectivity index is 2.47. The summed E-state index contributed by atoms with van der Waals surface area (Å²) in [6.45, 7) is 3.18. The van der Waals surface area contributed by atoms with E-state index in [1.807, 2.05) is 6.07 Å². The lowest BCUT2D eigenvalue weighted by Crippen LogP contribution is -1.99. The number of anilines is 1. The first-order chi connectivity index (χ1) is 6.29. The van der Waals surface area contributed by atoms with Crippen molar-refractivity contribution in [3.63, 3.8) is 0 Å². The molecule has 2 heteroatoms. The lowest BCUT2D eigenvalue weighted by atomic mass is 9.96. The Morgan fingerprint density at radius 2 is 2.31 bits per heavy atom. The van der Waals surface area contributed by atoms with Crippen molar-refractivity contribution < 1.29 is 5.11 Å². The van der Waals surface area contributed by atoms with Gasteiger partial charge in [0, 0.05) is 6.54 Å². The largest absolute Gasteiger partial charge is 0.506 e. The fourth-order valence-electron chi connectivity index (χ4n) is 1.94. The second kappa shape index (κ2) is 3.29. The maximum atomic E-state index is 9.64. The molecule has 1 aliphatic heterocycles. The van der Waals surface area contributed by atoms with Crippen LogP contribution in [0, 0.1) is 0 Å². The summed E-state index contributed by atoms with van der Waals surface area (Å²) >= 11 is 0. The third-order valence-corrected chi connectivity index (χ3v) is 2.72. The zero-order valence-electron chi connectivity index (χ0n) is 7.88. The molecule has 1 heterocycles. The molecule has 0 bridgehead atoms. The number of fused-ring (bicyclic) bond motifs is 1. The first kappa shape index (κ1) is 8.42. The Morgan fingerprint density at radius 3 is 3.15 bits per heavy atom. The van der Waals surface area contributed by atoms with Crippen LogP contribution >= 0.6 is 0 Å². The molecule has 13 heavy (non-hydrogen) atoms. The summed E-state index contributed by atoms with van der Waals surface area (Å²) in [7, 11) is 0. The first-order valence-corrected chi connectivity index (χ1v) is 4.85. The predicted molar refractivity (Wildman–Crippen MR) is 54.2 cm³/mol. The van der Waals surface area contributed by atoms with Crippen molar-refractivity contribution in [1.29, 1.82) is 0 Å². The molecule has 1 aromatic rings. The first-order valence-electron chi connectivity index (χ1n) is 4.85. The van der Waals surface area contributed by atoms with E-state index < -0.39 is 0 Å². The van der Waals surface area contributed by atoms with Gasteiger partial charge in [0.2, 0.25) is 0 Å². The van der Waals surface area contributed by atoms with Crippen LogP contribution in [0.1, 0.15) is 31.2 Å². The molecule has 0 radical (unpaired) electrons. The zero-order valence-corrected chi connectivity index (χ0v) is 7.88. The van der Waals surface area contributed by atoms with E-state index >= 15 is 0 Å². The van der Waals surface area contributed by atoms with Crippen LogP contribution in [0.5, 0.6) is 5.75 Å². The Labute approximate surface area is 78.6 Å². The van der Waals surface area contributed by atoms with E-state index in [2.05, 4.69) is 18.3 Å². The lowest BCUT2D eigenvalue weighted by Gasteiger charge is -2.13. The molecule has 2 nitrogen and oxygen atoms in total. The highest BCUT2D eigenvalue weighted by Crippen LogP contribution is 2.36. The van der Waals surface area contributed by atoms with Crippen molar-refractivity contribution in [2.75, 3.05) is 11.9 Å². The maximum absolute atomic E-state index is 9.64. The predicted octanol–water partition coefficient (Wildman–Crippen LogP) is 2.70. The van der Waals surface area contributed by atoms with Gasteiger partial charge in [0.15, 0.2) is 0 Å². The van der Waals surface area contributed by atoms with Crippen LogP contribution in [-0.4, -0.2) is 11.7 Å². The molecule has 0 saturated carbocycles. The minimum Gasteiger partial charge on any atom is -0.506 e. The molecule has 1 aliphatic rings. The molecule has 70 valence electrons. The van der Waals surface area contributed by atoms with Crippen molar-refractivity contribution in [3.05, 3.63) is 23.8 Å². The number of aromatic hydroxyl groups is 1. The Morgan fingerprint density at radius 1 is 1.46 bits per heavy atom. The minimum atomic E-state index is 0.381. The monoisotopic (exact) mass is 177 g/mol. The van der Waals surface area contributed by atoms with E-state index in [1.54, 1.807) is 6.07 Å². The topological polar surface area (TPSA) is 32.3 Å². The molecule has 0 spiro atoms. The average Bonchev–Trinajstić information content (AvgIpc) is 2.30. The van der Waals surface area contributed by atoms with Crippen LogP contribution in [0.15, 0.2) is 18.2 Å². The van der Waals surface area contributed by atoms with E-state index in [0.29, 0.717) is 11.7 Å². The molecule has 1 aromatic carbocycles. The Hall–Kier alpha value is -1.18. The van der Waals surface area contributed by atoms with Gasteiger partial charge >= 0.3 is 0 Å². The average molecular weight is 177 g/mol. The van der Waals surface area contributed by atoms with Crippen molar-refractivity contribution in [2.45, 2.75) is 25.7 Å². The van der Waals surface area contributed by atoms with Gasteiger partial charge < -0.3 is 10.4 Å². The summed E-state index contributed by atoms with van der Waals surface area (Å²) in [6, 6.07) is 5.75. The molecule has 0 fully saturated rings. The van der Waals surface area contributed by atoms with Crippen LogP contribution in [0.4, 0.5) is 5.69 Å². The molecule has 1 atom stereocenters. The summed E-state index contributed by atoms with van der Waals surface area (Å²) < 4.78 is 0. The van der Waals surface area contributed by atoms with Gasteiger partial charge in [-0.2, -0.15) is 0 Å². The third-order valence-electron chi connectivity index (χ3n) is 2.72. The van der Waals surface area contributed by atoms with Crippen LogP contribution in [-0.2, 0) is 0 Å². The number of hydrogen-bond donors (Lipinski definition) is 2. The highest BCUT2D eigenvalue weighted by atomic mass is 16.3. The van der Waals surface area contributed by atoms with Gasteiger partial charge in [-0.15, -0.1) is 0 Å². The number of rotatable bonds is 0. The summed E-state index contributed by atoms with van der Waals surface area (Å²) in [6.07, 6.45) is 2.37. The molecule has 2 rings (SSSR count). The van der Waals surface area contributed by atoms with Gasteiger partial charge in [-0.1, -0.05) is 19.1 Å². The SMILES string of the molecule is CC1CCCNc2c(O)cccc21. The molecular formula is C11H15NO.